The molecule has 0 aromatic carbocycles. The van der Waals surface area contributed by atoms with Crippen LogP contribution >= 0.6 is 0 Å². The van der Waals surface area contributed by atoms with E-state index in [9.17, 15) is 18.0 Å². The Morgan fingerprint density at radius 3 is 1.70 bits per heavy atom. The highest BCUT2D eigenvalue weighted by atomic mass is 32.3. The third-order valence-corrected chi connectivity index (χ3v) is 6.12. The molecule has 33 heavy (non-hydrogen) atoms. The van der Waals surface area contributed by atoms with E-state index in [1.165, 1.54) is 22.0 Å². The van der Waals surface area contributed by atoms with Gasteiger partial charge in [0.15, 0.2) is 0 Å². The maximum Gasteiger partial charge on any atom is 0.442 e. The van der Waals surface area contributed by atoms with Crippen molar-refractivity contribution in [2.45, 2.75) is 12.1 Å². The third-order valence-electron chi connectivity index (χ3n) is 5.43. The fourth-order valence-electron chi connectivity index (χ4n) is 4.05. The number of nitrogens with zero attached hydrogens (tertiary/aromatic N) is 8. The number of rotatable bonds is 6. The number of hydroxylamine groups is 4. The molecule has 2 fully saturated rings. The van der Waals surface area contributed by atoms with Gasteiger partial charge in [0.05, 0.1) is 32.7 Å². The van der Waals surface area contributed by atoms with Gasteiger partial charge in [-0.05, 0) is 24.2 Å². The third kappa shape index (κ3) is 3.37. The fourth-order valence-corrected chi connectivity index (χ4v) is 4.82. The van der Waals surface area contributed by atoms with Crippen LogP contribution in [0, 0.1) is 0 Å². The summed E-state index contributed by atoms with van der Waals surface area (Å²) in [4.78, 5) is 28.1. The first-order valence-electron chi connectivity index (χ1n) is 12.6. The number of urea groups is 2. The first-order chi connectivity index (χ1) is 18.3. The molecule has 6 rings (SSSR count). The van der Waals surface area contributed by atoms with Gasteiger partial charge in [-0.2, -0.15) is 28.7 Å². The number of amides is 4. The minimum Gasteiger partial charge on any atom is -0.314 e. The highest BCUT2D eigenvalue weighted by Crippen LogP contribution is 2.30. The molecule has 15 heteroatoms. The average Bonchev–Trinajstić information content (AvgIpc) is 3.47. The summed E-state index contributed by atoms with van der Waals surface area (Å²) in [7, 11) is -5.02. The molecule has 172 valence electrons. The number of aromatic nitrogens is 4. The zero-order chi connectivity index (χ0) is 28.0. The normalized spacial score (nSPS) is 27.2. The Balaban J connectivity index is 1.21. The van der Waals surface area contributed by atoms with Crippen LogP contribution < -0.4 is 0 Å². The van der Waals surface area contributed by atoms with Crippen LogP contribution in [-0.4, -0.2) is 98.2 Å². The number of carbonyl (C=O) groups excluding carboxylic acids is 2. The van der Waals surface area contributed by atoms with E-state index >= 15 is 0 Å². The fraction of sp³-hybridized carbons (Fsp3) is 0.333. The number of fused-ring (bicyclic) bond motifs is 4. The largest absolute Gasteiger partial charge is 0.442 e. The first-order valence-corrected chi connectivity index (χ1v) is 11.0. The molecule has 4 aliphatic heterocycles. The zero-order valence-electron chi connectivity index (χ0n) is 22.6. The lowest BCUT2D eigenvalue weighted by Gasteiger charge is -2.22. The van der Waals surface area contributed by atoms with Crippen molar-refractivity contribution in [3.63, 3.8) is 0 Å². The van der Waals surface area contributed by atoms with E-state index in [0.717, 1.165) is 9.36 Å². The Morgan fingerprint density at radius 1 is 0.848 bits per heavy atom. The summed E-state index contributed by atoms with van der Waals surface area (Å²) in [6.45, 7) is -0.0603. The predicted molar refractivity (Wildman–Crippen MR) is 109 cm³/mol. The molecule has 0 aliphatic carbocycles. The lowest BCUT2D eigenvalue weighted by molar-refractivity contribution is -0.0723. The van der Waals surface area contributed by atoms with E-state index in [4.69, 9.17) is 16.8 Å². The molecule has 2 saturated heterocycles. The number of carbonyl (C=O) groups is 2. The van der Waals surface area contributed by atoms with Gasteiger partial charge in [-0.3, -0.25) is 0 Å². The van der Waals surface area contributed by atoms with Crippen LogP contribution in [0.25, 0.3) is 11.4 Å². The highest BCUT2D eigenvalue weighted by molar-refractivity contribution is 7.81. The van der Waals surface area contributed by atoms with E-state index in [0.29, 0.717) is 10.1 Å². The summed E-state index contributed by atoms with van der Waals surface area (Å²) in [5, 5.41) is 8.72. The molecule has 0 radical (unpaired) electrons. The van der Waals surface area contributed by atoms with E-state index in [-0.39, 0.29) is 49.9 Å². The Kier molecular flexibility index (Phi) is 3.14. The van der Waals surface area contributed by atoms with Gasteiger partial charge in [0.25, 0.3) is 0 Å². The molecule has 6 heterocycles. The predicted octanol–water partition coefficient (Wildman–Crippen LogP) is -0.191. The monoisotopic (exact) mass is 480 g/mol. The maximum absolute atomic E-state index is 12.8. The van der Waals surface area contributed by atoms with Gasteiger partial charge in [0.2, 0.25) is 0 Å². The average molecular weight is 480 g/mol. The zero-order valence-corrected chi connectivity index (χ0v) is 17.4. The van der Waals surface area contributed by atoms with Gasteiger partial charge >= 0.3 is 22.5 Å². The molecule has 4 bridgehead atoms. The van der Waals surface area contributed by atoms with Gasteiger partial charge in [-0.25, -0.2) is 19.0 Å². The van der Waals surface area contributed by atoms with E-state index in [1.54, 1.807) is 0 Å². The summed E-state index contributed by atoms with van der Waals surface area (Å²) in [5.41, 5.74) is 0.545. The SMILES string of the molecule is [2H]c1nn(C2=CC3CN(C2)C(=O)N3OS(=O)(=O)ON2C(=O)N3CC(n4nc([2H])c([2H])c4[2H])=CC2C3)c([2H])c1[2H]. The molecule has 14 nitrogen and oxygen atoms in total. The van der Waals surface area contributed by atoms with Crippen LogP contribution in [-0.2, 0) is 19.0 Å². The lowest BCUT2D eigenvalue weighted by atomic mass is 10.2. The van der Waals surface area contributed by atoms with Crippen molar-refractivity contribution in [2.75, 3.05) is 26.2 Å². The molecule has 2 unspecified atom stereocenters. The van der Waals surface area contributed by atoms with Gasteiger partial charge in [-0.15, -0.1) is 8.57 Å². The second kappa shape index (κ2) is 7.16. The van der Waals surface area contributed by atoms with Crippen LogP contribution in [0.15, 0.2) is 48.9 Å². The Morgan fingerprint density at radius 2 is 1.30 bits per heavy atom. The Hall–Kier alpha value is -3.69. The Bertz CT molecular complexity index is 1500. The molecule has 0 N–H and O–H groups in total. The van der Waals surface area contributed by atoms with Gasteiger partial charge in [-0.1, -0.05) is 0 Å². The smallest absolute Gasteiger partial charge is 0.314 e. The molecule has 4 aliphatic rings. The maximum atomic E-state index is 12.8. The van der Waals surface area contributed by atoms with Crippen LogP contribution in [0.3, 0.4) is 0 Å². The summed E-state index contributed by atoms with van der Waals surface area (Å²) < 4.78 is 84.1. The molecule has 2 aromatic heterocycles. The topological polar surface area (TPSA) is 135 Å². The molecule has 0 saturated carbocycles. The summed E-state index contributed by atoms with van der Waals surface area (Å²) in [6.07, 6.45) is 1.28. The second-order valence-corrected chi connectivity index (χ2v) is 8.62. The van der Waals surface area contributed by atoms with E-state index in [1.807, 2.05) is 0 Å². The van der Waals surface area contributed by atoms with Crippen molar-refractivity contribution in [1.29, 1.82) is 0 Å². The summed E-state index contributed by atoms with van der Waals surface area (Å²) >= 11 is 0. The van der Waals surface area contributed by atoms with Crippen molar-refractivity contribution in [3.8, 4) is 0 Å². The van der Waals surface area contributed by atoms with Crippen molar-refractivity contribution < 1.29 is 34.8 Å². The van der Waals surface area contributed by atoms with Gasteiger partial charge in [0.1, 0.15) is 12.1 Å². The number of hydrogen-bond acceptors (Lipinski definition) is 8. The van der Waals surface area contributed by atoms with E-state index in [2.05, 4.69) is 10.2 Å². The standard InChI is InChI=1S/C18H18N8O6S/c27-17-21-9-13(23-5-1-3-19-23)7-15(11-21)25(17)31-33(29,30)32-26-16-8-14(24-6-2-4-20-24)10-22(12-16)18(26)28/h1-8,15-16H,9-12H2/i1D,2D,3D,4D,5D,6D. The quantitative estimate of drug-likeness (QED) is 0.555. The molecule has 2 atom stereocenters. The van der Waals surface area contributed by atoms with Crippen LogP contribution in [0.5, 0.6) is 0 Å². The molecular weight excluding hydrogens is 456 g/mol. The van der Waals surface area contributed by atoms with Crippen molar-refractivity contribution in [2.24, 2.45) is 0 Å². The molecule has 0 spiro atoms. The lowest BCUT2D eigenvalue weighted by Crippen LogP contribution is -2.40. The minimum absolute atomic E-state index is 0.0500. The van der Waals surface area contributed by atoms with Crippen molar-refractivity contribution in [3.05, 3.63) is 48.9 Å². The second-order valence-electron chi connectivity index (χ2n) is 7.51. The van der Waals surface area contributed by atoms with Crippen LogP contribution in [0.4, 0.5) is 9.59 Å². The van der Waals surface area contributed by atoms with Crippen LogP contribution in [0.2, 0.25) is 0 Å². The molecule has 4 amide bonds. The van der Waals surface area contributed by atoms with Gasteiger partial charge in [0, 0.05) is 37.8 Å². The van der Waals surface area contributed by atoms with Crippen molar-refractivity contribution in [1.82, 2.24) is 39.5 Å². The summed E-state index contributed by atoms with van der Waals surface area (Å²) in [6, 6.07) is -4.34. The Labute approximate surface area is 196 Å². The van der Waals surface area contributed by atoms with Crippen LogP contribution in [0.1, 0.15) is 8.22 Å². The highest BCUT2D eigenvalue weighted by Gasteiger charge is 2.47. The molecule has 2 aromatic rings. The number of hydrogen-bond donors (Lipinski definition) is 0. The van der Waals surface area contributed by atoms with Crippen molar-refractivity contribution >= 4 is 33.9 Å². The summed E-state index contributed by atoms with van der Waals surface area (Å²) in [5.74, 6) is 0. The first kappa shape index (κ1) is 14.5. The van der Waals surface area contributed by atoms with E-state index < -0.39 is 59.0 Å². The minimum atomic E-state index is -5.02. The molecular formula is C18H18N8O6S. The van der Waals surface area contributed by atoms with Gasteiger partial charge < -0.3 is 9.80 Å².